The zero-order valence-corrected chi connectivity index (χ0v) is 13.2. The van der Waals surface area contributed by atoms with Crippen LogP contribution in [0.25, 0.3) is 0 Å². The van der Waals surface area contributed by atoms with Crippen molar-refractivity contribution in [3.63, 3.8) is 0 Å². The van der Waals surface area contributed by atoms with Crippen LogP contribution in [0.2, 0.25) is 0 Å². The molecule has 2 atom stereocenters. The molecule has 0 radical (unpaired) electrons. The van der Waals surface area contributed by atoms with E-state index in [0.29, 0.717) is 0 Å². The summed E-state index contributed by atoms with van der Waals surface area (Å²) in [7, 11) is 0. The first-order valence-electron chi connectivity index (χ1n) is 6.29. The standard InChI is InChI=1S/C16H15ClO2Se/c17-14(11-15(18)19)16(12-7-3-1-4-8-12)20-13-9-5-2-6-10-13/h1-10,14,16H,11H2,(H,18,19)/t14-,16+/m1/s1. The third-order valence-electron chi connectivity index (χ3n) is 2.83. The van der Waals surface area contributed by atoms with E-state index in [4.69, 9.17) is 16.7 Å². The number of rotatable bonds is 6. The number of carbonyl (C=O) groups is 1. The molecule has 0 aliphatic rings. The van der Waals surface area contributed by atoms with Gasteiger partial charge in [-0.1, -0.05) is 0 Å². The molecule has 0 bridgehead atoms. The summed E-state index contributed by atoms with van der Waals surface area (Å²) in [5.41, 5.74) is 1.11. The van der Waals surface area contributed by atoms with Crippen LogP contribution < -0.4 is 4.46 Å². The molecule has 0 aliphatic carbocycles. The topological polar surface area (TPSA) is 37.3 Å². The molecule has 0 spiro atoms. The summed E-state index contributed by atoms with van der Waals surface area (Å²) >= 11 is 6.46. The number of benzene rings is 2. The zero-order valence-electron chi connectivity index (χ0n) is 10.8. The van der Waals surface area contributed by atoms with E-state index in [1.54, 1.807) is 0 Å². The number of carboxylic acid groups (broad SMARTS) is 1. The summed E-state index contributed by atoms with van der Waals surface area (Å²) in [6.07, 6.45) is -0.0182. The molecular weight excluding hydrogens is 339 g/mol. The van der Waals surface area contributed by atoms with Gasteiger partial charge in [0.05, 0.1) is 0 Å². The molecule has 0 heterocycles. The third-order valence-corrected chi connectivity index (χ3v) is 6.51. The Kier molecular flexibility index (Phi) is 5.66. The number of hydrogen-bond acceptors (Lipinski definition) is 1. The molecule has 2 rings (SSSR count). The van der Waals surface area contributed by atoms with E-state index in [0.717, 1.165) is 5.56 Å². The Bertz CT molecular complexity index is 545. The molecule has 0 saturated heterocycles. The molecule has 20 heavy (non-hydrogen) atoms. The van der Waals surface area contributed by atoms with Gasteiger partial charge in [0.25, 0.3) is 0 Å². The van der Waals surface area contributed by atoms with Crippen molar-refractivity contribution in [2.75, 3.05) is 0 Å². The Hall–Kier alpha value is -1.28. The first-order chi connectivity index (χ1) is 9.66. The Labute approximate surface area is 129 Å². The van der Waals surface area contributed by atoms with Crippen LogP contribution >= 0.6 is 11.6 Å². The van der Waals surface area contributed by atoms with Crippen molar-refractivity contribution in [2.45, 2.75) is 16.6 Å². The van der Waals surface area contributed by atoms with Crippen LogP contribution in [0.15, 0.2) is 60.7 Å². The predicted octanol–water partition coefficient (Wildman–Crippen LogP) is 2.84. The minimum absolute atomic E-state index is 0.0182. The normalized spacial score (nSPS) is 13.7. The van der Waals surface area contributed by atoms with Gasteiger partial charge in [0.2, 0.25) is 0 Å². The van der Waals surface area contributed by atoms with Crippen molar-refractivity contribution in [3.05, 3.63) is 66.2 Å². The summed E-state index contributed by atoms with van der Waals surface area (Å²) in [4.78, 5) is 11.0. The average molecular weight is 354 g/mol. The van der Waals surface area contributed by atoms with Crippen molar-refractivity contribution in [2.24, 2.45) is 0 Å². The molecule has 0 fully saturated rings. The number of aliphatic carboxylic acids is 1. The Morgan fingerprint density at radius 2 is 1.60 bits per heavy atom. The summed E-state index contributed by atoms with van der Waals surface area (Å²) in [5, 5.41) is 8.57. The Morgan fingerprint density at radius 1 is 1.05 bits per heavy atom. The SMILES string of the molecule is O=C(O)C[C@@H](Cl)[C@@H]([Se]c1ccccc1)c1ccccc1. The van der Waals surface area contributed by atoms with Gasteiger partial charge in [0.15, 0.2) is 0 Å². The van der Waals surface area contributed by atoms with Crippen LogP contribution in [0.5, 0.6) is 0 Å². The van der Waals surface area contributed by atoms with Crippen molar-refractivity contribution in [3.8, 4) is 0 Å². The van der Waals surface area contributed by atoms with Gasteiger partial charge in [-0.2, -0.15) is 0 Å². The quantitative estimate of drug-likeness (QED) is 0.640. The fraction of sp³-hybridized carbons (Fsp3) is 0.188. The van der Waals surface area contributed by atoms with Crippen LogP contribution in [0.3, 0.4) is 0 Å². The summed E-state index contributed by atoms with van der Waals surface area (Å²) in [6.45, 7) is 0. The Morgan fingerprint density at radius 3 is 2.15 bits per heavy atom. The predicted molar refractivity (Wildman–Crippen MR) is 82.9 cm³/mol. The molecule has 0 aliphatic heterocycles. The second kappa shape index (κ2) is 7.49. The fourth-order valence-electron chi connectivity index (χ4n) is 1.91. The first-order valence-corrected chi connectivity index (χ1v) is 8.57. The maximum absolute atomic E-state index is 10.9. The van der Waals surface area contributed by atoms with Gasteiger partial charge in [-0.05, 0) is 0 Å². The van der Waals surface area contributed by atoms with Gasteiger partial charge in [-0.15, -0.1) is 0 Å². The molecule has 0 saturated carbocycles. The van der Waals surface area contributed by atoms with Crippen LogP contribution in [0.1, 0.15) is 16.8 Å². The number of hydrogen-bond donors (Lipinski definition) is 1. The van der Waals surface area contributed by atoms with Crippen LogP contribution in [-0.4, -0.2) is 31.4 Å². The second-order valence-corrected chi connectivity index (χ2v) is 7.49. The molecular formula is C16H15ClO2Se. The van der Waals surface area contributed by atoms with Crippen molar-refractivity contribution < 1.29 is 9.90 Å². The minimum atomic E-state index is -0.852. The molecule has 104 valence electrons. The van der Waals surface area contributed by atoms with Gasteiger partial charge in [-0.25, -0.2) is 0 Å². The number of halogens is 1. The Balaban J connectivity index is 2.22. The van der Waals surface area contributed by atoms with E-state index in [1.165, 1.54) is 4.46 Å². The molecule has 0 amide bonds. The second-order valence-electron chi connectivity index (χ2n) is 4.38. The molecule has 1 N–H and O–H groups in total. The molecule has 2 nitrogen and oxygen atoms in total. The fourth-order valence-corrected chi connectivity index (χ4v) is 4.86. The molecule has 0 unspecified atom stereocenters. The summed E-state index contributed by atoms with van der Waals surface area (Å²) in [6, 6.07) is 20.0. The number of alkyl halides is 1. The van der Waals surface area contributed by atoms with Crippen molar-refractivity contribution >= 4 is 37.0 Å². The van der Waals surface area contributed by atoms with E-state index in [-0.39, 0.29) is 26.2 Å². The van der Waals surface area contributed by atoms with E-state index in [2.05, 4.69) is 12.1 Å². The number of carboxylic acids is 1. The van der Waals surface area contributed by atoms with Gasteiger partial charge in [-0.3, -0.25) is 0 Å². The van der Waals surface area contributed by atoms with Crippen LogP contribution in [0.4, 0.5) is 0 Å². The molecule has 4 heteroatoms. The molecule has 0 aromatic heterocycles. The monoisotopic (exact) mass is 354 g/mol. The zero-order chi connectivity index (χ0) is 14.4. The molecule has 2 aromatic carbocycles. The van der Waals surface area contributed by atoms with Gasteiger partial charge in [0.1, 0.15) is 0 Å². The van der Waals surface area contributed by atoms with Gasteiger partial charge >= 0.3 is 130 Å². The van der Waals surface area contributed by atoms with Crippen LogP contribution in [0, 0.1) is 0 Å². The third kappa shape index (κ3) is 4.38. The van der Waals surface area contributed by atoms with Crippen LogP contribution in [-0.2, 0) is 4.79 Å². The van der Waals surface area contributed by atoms with Gasteiger partial charge in [0, 0.05) is 0 Å². The summed E-state index contributed by atoms with van der Waals surface area (Å²) in [5.74, 6) is -0.852. The average Bonchev–Trinajstić information content (AvgIpc) is 2.46. The van der Waals surface area contributed by atoms with Crippen molar-refractivity contribution in [1.29, 1.82) is 0 Å². The van der Waals surface area contributed by atoms with E-state index in [9.17, 15) is 4.79 Å². The van der Waals surface area contributed by atoms with Crippen molar-refractivity contribution in [1.82, 2.24) is 0 Å². The maximum atomic E-state index is 10.9. The first kappa shape index (κ1) is 15.1. The van der Waals surface area contributed by atoms with E-state index < -0.39 is 11.3 Å². The summed E-state index contributed by atoms with van der Waals surface area (Å²) < 4.78 is 1.23. The van der Waals surface area contributed by atoms with Gasteiger partial charge < -0.3 is 0 Å². The van der Waals surface area contributed by atoms with E-state index in [1.807, 2.05) is 48.5 Å². The van der Waals surface area contributed by atoms with E-state index >= 15 is 0 Å². The molecule has 2 aromatic rings.